The zero-order valence-corrected chi connectivity index (χ0v) is 21.7. The monoisotopic (exact) mass is 520 g/mol. The number of amides is 1. The van der Waals surface area contributed by atoms with Crippen LogP contribution in [0.15, 0.2) is 77.8 Å². The van der Waals surface area contributed by atoms with Crippen LogP contribution in [-0.4, -0.2) is 51.7 Å². The molecular weight excluding hydrogens is 488 g/mol. The van der Waals surface area contributed by atoms with Crippen molar-refractivity contribution in [2.75, 3.05) is 20.3 Å². The number of nitrogens with one attached hydrogen (secondary N) is 1. The topological polar surface area (TPSA) is 160 Å². The van der Waals surface area contributed by atoms with Crippen LogP contribution in [0.4, 0.5) is 0 Å². The van der Waals surface area contributed by atoms with Gasteiger partial charge in [-0.1, -0.05) is 43.5 Å². The highest BCUT2D eigenvalue weighted by molar-refractivity contribution is 7.90. The zero-order chi connectivity index (χ0) is 28.3. The molecule has 0 heterocycles. The molecule has 0 saturated carbocycles. The lowest BCUT2D eigenvalue weighted by Gasteiger charge is -2.06. The van der Waals surface area contributed by atoms with E-state index in [1.54, 1.807) is 31.2 Å². The third-order valence-corrected chi connectivity index (χ3v) is 5.00. The minimum Gasteiger partial charge on any atom is -0.466 e. The maximum absolute atomic E-state index is 11.7. The van der Waals surface area contributed by atoms with E-state index in [0.717, 1.165) is 5.56 Å². The second-order valence-corrected chi connectivity index (χ2v) is 8.68. The Morgan fingerprint density at radius 2 is 1.64 bits per heavy atom. The number of benzene rings is 1. The molecule has 0 saturated heterocycles. The lowest BCUT2D eigenvalue weighted by molar-refractivity contribution is -0.140. The average Bonchev–Trinajstić information content (AvgIpc) is 2.82. The van der Waals surface area contributed by atoms with E-state index in [4.69, 9.17) is 10.4 Å². The number of nitriles is 1. The number of methoxy groups -OCH3 is 1. The lowest BCUT2D eigenvalue weighted by Crippen LogP contribution is -2.30. The molecule has 0 atom stereocenters. The summed E-state index contributed by atoms with van der Waals surface area (Å²) in [4.78, 5) is 32.4. The molecule has 0 aliphatic rings. The van der Waals surface area contributed by atoms with Gasteiger partial charge in [0.1, 0.15) is 6.61 Å². The van der Waals surface area contributed by atoms with Crippen LogP contribution in [-0.2, 0) is 33.9 Å². The molecule has 196 valence electrons. The van der Waals surface area contributed by atoms with Crippen molar-refractivity contribution in [1.82, 2.24) is 4.72 Å². The van der Waals surface area contributed by atoms with Crippen LogP contribution in [0.5, 0.6) is 0 Å². The number of carbonyl (C=O) groups excluding carboxylic acids is 3. The van der Waals surface area contributed by atoms with Gasteiger partial charge in [-0.15, -0.1) is 0 Å². The molecule has 0 unspecified atom stereocenters. The number of nitrogens with zero attached hydrogens (tertiary/aromatic N) is 1. The fourth-order valence-electron chi connectivity index (χ4n) is 1.73. The number of hydrogen-bond acceptors (Lipinski definition) is 9. The van der Waals surface area contributed by atoms with Gasteiger partial charge in [-0.2, -0.15) is 5.26 Å². The number of aryl methyl sites for hydroxylation is 1. The average molecular weight is 521 g/mol. The summed E-state index contributed by atoms with van der Waals surface area (Å²) in [5.74, 6) is -1.59. The van der Waals surface area contributed by atoms with Gasteiger partial charge in [-0.3, -0.25) is 4.79 Å². The number of aliphatic hydroxyl groups excluding tert-OH is 1. The van der Waals surface area contributed by atoms with Crippen LogP contribution < -0.4 is 4.72 Å². The summed E-state index contributed by atoms with van der Waals surface area (Å²) < 4.78 is 34.1. The molecule has 1 amide bonds. The largest absolute Gasteiger partial charge is 0.466 e. The molecule has 36 heavy (non-hydrogen) atoms. The van der Waals surface area contributed by atoms with E-state index in [1.807, 2.05) is 11.6 Å². The van der Waals surface area contributed by atoms with Gasteiger partial charge in [-0.25, -0.2) is 22.7 Å². The Balaban J connectivity index is 0. The lowest BCUT2D eigenvalue weighted by atomic mass is 10.2. The Morgan fingerprint density at radius 3 is 2.06 bits per heavy atom. The minimum atomic E-state index is -3.78. The fourth-order valence-corrected chi connectivity index (χ4v) is 2.76. The Hall–Kier alpha value is -4.01. The first-order valence-electron chi connectivity index (χ1n) is 10.3. The number of aliphatic hydroxyl groups is 1. The van der Waals surface area contributed by atoms with Crippen molar-refractivity contribution < 1.29 is 37.4 Å². The van der Waals surface area contributed by atoms with Gasteiger partial charge in [-0.05, 0) is 39.3 Å². The molecule has 1 aromatic rings. The molecular formula is C25H32N2O8S. The summed E-state index contributed by atoms with van der Waals surface area (Å²) in [5.41, 5.74) is 1.79. The van der Waals surface area contributed by atoms with E-state index in [2.05, 4.69) is 29.2 Å². The molecule has 0 aliphatic carbocycles. The molecule has 10 nitrogen and oxygen atoms in total. The van der Waals surface area contributed by atoms with E-state index in [9.17, 15) is 22.8 Å². The Bertz CT molecular complexity index is 1110. The summed E-state index contributed by atoms with van der Waals surface area (Å²) in [6.45, 7) is 14.9. The summed E-state index contributed by atoms with van der Waals surface area (Å²) in [7, 11) is -2.49. The normalized spacial score (nSPS) is 9.78. The van der Waals surface area contributed by atoms with Gasteiger partial charge in [0.05, 0.1) is 24.7 Å². The predicted octanol–water partition coefficient (Wildman–Crippen LogP) is 2.66. The molecule has 0 aromatic heterocycles. The Labute approximate surface area is 212 Å². The van der Waals surface area contributed by atoms with E-state index >= 15 is 0 Å². The van der Waals surface area contributed by atoms with Gasteiger partial charge in [0.2, 0.25) is 0 Å². The molecule has 0 spiro atoms. The number of sulfonamides is 1. The number of rotatable bonds is 9. The summed E-state index contributed by atoms with van der Waals surface area (Å²) in [6, 6.07) is 8.03. The Kier molecular flexibility index (Phi) is 17.4. The molecule has 11 heteroatoms. The summed E-state index contributed by atoms with van der Waals surface area (Å²) in [6.07, 6.45) is 3.22. The highest BCUT2D eigenvalue weighted by atomic mass is 32.2. The van der Waals surface area contributed by atoms with Crippen LogP contribution >= 0.6 is 0 Å². The van der Waals surface area contributed by atoms with Crippen LogP contribution in [0, 0.1) is 18.3 Å². The van der Waals surface area contributed by atoms with E-state index in [-0.39, 0.29) is 23.7 Å². The van der Waals surface area contributed by atoms with E-state index in [0.29, 0.717) is 17.6 Å². The minimum absolute atomic E-state index is 0.0473. The predicted molar refractivity (Wildman–Crippen MR) is 135 cm³/mol. The second kappa shape index (κ2) is 18.3. The number of ether oxygens (including phenoxy) is 2. The molecule has 0 fully saturated rings. The molecule has 0 bridgehead atoms. The third kappa shape index (κ3) is 15.8. The maximum atomic E-state index is 11.7. The number of hydrogen-bond donors (Lipinski definition) is 2. The van der Waals surface area contributed by atoms with Crippen molar-refractivity contribution in [1.29, 1.82) is 5.26 Å². The SMILES string of the molecule is C=C(C)C(=O)NS(=O)(=O)c1ccc(C)cc1.C=C(C)C(=O)OCCO.C=C(CC=CC#N)C(=O)OC. The van der Waals surface area contributed by atoms with Gasteiger partial charge in [0, 0.05) is 22.8 Å². The first kappa shape index (κ1) is 34.2. The van der Waals surface area contributed by atoms with Crippen LogP contribution in [0.1, 0.15) is 25.8 Å². The maximum Gasteiger partial charge on any atom is 0.333 e. The highest BCUT2D eigenvalue weighted by Gasteiger charge is 2.17. The van der Waals surface area contributed by atoms with Crippen molar-refractivity contribution in [2.45, 2.75) is 32.1 Å². The van der Waals surface area contributed by atoms with Crippen molar-refractivity contribution >= 4 is 27.9 Å². The smallest absolute Gasteiger partial charge is 0.333 e. The van der Waals surface area contributed by atoms with Crippen molar-refractivity contribution in [3.8, 4) is 6.07 Å². The number of carbonyl (C=O) groups is 3. The van der Waals surface area contributed by atoms with Gasteiger partial charge in [0.25, 0.3) is 15.9 Å². The third-order valence-electron chi connectivity index (χ3n) is 3.65. The highest BCUT2D eigenvalue weighted by Crippen LogP contribution is 2.10. The first-order valence-corrected chi connectivity index (χ1v) is 11.7. The van der Waals surface area contributed by atoms with E-state index in [1.165, 1.54) is 32.2 Å². The van der Waals surface area contributed by atoms with Gasteiger partial charge >= 0.3 is 11.9 Å². The van der Waals surface area contributed by atoms with Crippen LogP contribution in [0.3, 0.4) is 0 Å². The molecule has 0 aliphatic heterocycles. The van der Waals surface area contributed by atoms with Crippen LogP contribution in [0.25, 0.3) is 0 Å². The van der Waals surface area contributed by atoms with E-state index < -0.39 is 27.9 Å². The quantitative estimate of drug-likeness (QED) is 0.283. The summed E-state index contributed by atoms with van der Waals surface area (Å²) in [5, 5.41) is 16.3. The van der Waals surface area contributed by atoms with Gasteiger partial charge in [0.15, 0.2) is 0 Å². The fraction of sp³-hybridized carbons (Fsp3) is 0.280. The van der Waals surface area contributed by atoms with Crippen LogP contribution in [0.2, 0.25) is 0 Å². The van der Waals surface area contributed by atoms with Gasteiger partial charge < -0.3 is 14.6 Å². The van der Waals surface area contributed by atoms with Crippen molar-refractivity contribution in [3.05, 3.63) is 78.4 Å². The molecule has 1 rings (SSSR count). The number of esters is 2. The molecule has 2 N–H and O–H groups in total. The zero-order valence-electron chi connectivity index (χ0n) is 20.9. The van der Waals surface area contributed by atoms with Crippen molar-refractivity contribution in [2.24, 2.45) is 0 Å². The standard InChI is InChI=1S/C11H13NO3S.C8H9NO2.C6H10O3/c1-8(2)11(13)12-16(14,15)10-6-4-9(3)5-7-10;1-7(8(10)11-2)5-3-4-6-9;1-5(2)6(8)9-4-3-7/h4-7H,1H2,2-3H3,(H,12,13);3-4H,1,5H2,2H3;7H,1,3-4H2,2H3. The summed E-state index contributed by atoms with van der Waals surface area (Å²) >= 11 is 0. The van der Waals surface area contributed by atoms with Crippen molar-refractivity contribution in [3.63, 3.8) is 0 Å². The second-order valence-electron chi connectivity index (χ2n) is 7.00. The number of allylic oxidation sites excluding steroid dienone is 2. The first-order chi connectivity index (χ1) is 16.7. The molecule has 0 radical (unpaired) electrons. The molecule has 1 aromatic carbocycles. The Morgan fingerprint density at radius 1 is 1.08 bits per heavy atom.